The van der Waals surface area contributed by atoms with E-state index in [1.807, 2.05) is 48.2 Å². The molecule has 1 N–H and O–H groups in total. The smallest absolute Gasteiger partial charge is 0.271 e. The second-order valence-electron chi connectivity index (χ2n) is 6.28. The summed E-state index contributed by atoms with van der Waals surface area (Å²) in [4.78, 5) is 18.8. The van der Waals surface area contributed by atoms with Crippen molar-refractivity contribution in [3.63, 3.8) is 0 Å². The molecule has 7 heteroatoms. The minimum Gasteiger partial charge on any atom is -0.339 e. The zero-order valence-corrected chi connectivity index (χ0v) is 14.0. The number of aryl methyl sites for hydroxylation is 1. The molecule has 1 amide bonds. The van der Waals surface area contributed by atoms with Gasteiger partial charge in [0.05, 0.1) is 5.69 Å². The number of rotatable bonds is 3. The lowest BCUT2D eigenvalue weighted by atomic mass is 9.96. The summed E-state index contributed by atoms with van der Waals surface area (Å²) in [6.07, 6.45) is 1.65. The highest BCUT2D eigenvalue weighted by molar-refractivity contribution is 5.93. The molecule has 3 aromatic rings. The van der Waals surface area contributed by atoms with Crippen LogP contribution < -0.4 is 0 Å². The van der Waals surface area contributed by atoms with Crippen molar-refractivity contribution in [2.75, 3.05) is 13.1 Å². The van der Waals surface area contributed by atoms with Crippen LogP contribution in [0, 0.1) is 6.92 Å². The van der Waals surface area contributed by atoms with E-state index < -0.39 is 0 Å². The summed E-state index contributed by atoms with van der Waals surface area (Å²) >= 11 is 0. The number of benzene rings is 1. The van der Waals surface area contributed by atoms with Crippen LogP contribution in [0.2, 0.25) is 0 Å². The first-order chi connectivity index (χ1) is 12.2. The van der Waals surface area contributed by atoms with Crippen molar-refractivity contribution in [2.45, 2.75) is 25.7 Å². The maximum Gasteiger partial charge on any atom is 0.271 e. The van der Waals surface area contributed by atoms with Crippen LogP contribution >= 0.6 is 0 Å². The van der Waals surface area contributed by atoms with E-state index in [4.69, 9.17) is 4.52 Å². The molecule has 3 heterocycles. The third kappa shape index (κ3) is 3.17. The van der Waals surface area contributed by atoms with E-state index in [2.05, 4.69) is 20.3 Å². The molecule has 0 saturated carbocycles. The van der Waals surface area contributed by atoms with Crippen LogP contribution in [0.1, 0.15) is 41.0 Å². The molecule has 25 heavy (non-hydrogen) atoms. The average molecular weight is 337 g/mol. The van der Waals surface area contributed by atoms with Gasteiger partial charge in [0.1, 0.15) is 5.69 Å². The van der Waals surface area contributed by atoms with E-state index in [0.29, 0.717) is 30.5 Å². The zero-order valence-electron chi connectivity index (χ0n) is 14.0. The maximum atomic E-state index is 12.7. The topological polar surface area (TPSA) is 87.9 Å². The number of hydrogen-bond acceptors (Lipinski definition) is 5. The molecule has 0 radical (unpaired) electrons. The monoisotopic (exact) mass is 337 g/mol. The van der Waals surface area contributed by atoms with Gasteiger partial charge in [-0.25, -0.2) is 0 Å². The number of hydrogen-bond donors (Lipinski definition) is 1. The molecule has 1 aliphatic rings. The van der Waals surface area contributed by atoms with E-state index >= 15 is 0 Å². The minimum absolute atomic E-state index is 0.0187. The highest BCUT2D eigenvalue weighted by Crippen LogP contribution is 2.27. The first kappa shape index (κ1) is 15.6. The molecule has 0 bridgehead atoms. The molecule has 4 rings (SSSR count). The number of aromatic amines is 1. The number of carbonyl (C=O) groups is 1. The molecule has 0 atom stereocenters. The molecule has 0 spiro atoms. The van der Waals surface area contributed by atoms with Gasteiger partial charge < -0.3 is 9.42 Å². The normalized spacial score (nSPS) is 15.5. The summed E-state index contributed by atoms with van der Waals surface area (Å²) in [5.41, 5.74) is 2.29. The van der Waals surface area contributed by atoms with Crippen LogP contribution in [0.3, 0.4) is 0 Å². The first-order valence-electron chi connectivity index (χ1n) is 8.41. The molecular weight excluding hydrogens is 318 g/mol. The number of nitrogens with zero attached hydrogens (tertiary/aromatic N) is 4. The van der Waals surface area contributed by atoms with Gasteiger partial charge in [-0.2, -0.15) is 10.1 Å². The molecule has 1 fully saturated rings. The van der Waals surface area contributed by atoms with Gasteiger partial charge in [-0.15, -0.1) is 0 Å². The predicted molar refractivity (Wildman–Crippen MR) is 90.9 cm³/mol. The van der Waals surface area contributed by atoms with Gasteiger partial charge in [0.2, 0.25) is 5.89 Å². The van der Waals surface area contributed by atoms with Gasteiger partial charge in [0.25, 0.3) is 5.91 Å². The Morgan fingerprint density at radius 3 is 2.68 bits per heavy atom. The Hall–Kier alpha value is -2.96. The second-order valence-corrected chi connectivity index (χ2v) is 6.28. The lowest BCUT2D eigenvalue weighted by Crippen LogP contribution is -2.38. The molecule has 1 aliphatic heterocycles. The Balaban J connectivity index is 1.42. The molecule has 0 unspecified atom stereocenters. The molecule has 1 saturated heterocycles. The van der Waals surface area contributed by atoms with E-state index in [-0.39, 0.29) is 11.8 Å². The van der Waals surface area contributed by atoms with Crippen molar-refractivity contribution in [1.82, 2.24) is 25.2 Å². The highest BCUT2D eigenvalue weighted by atomic mass is 16.5. The summed E-state index contributed by atoms with van der Waals surface area (Å²) in [5, 5.41) is 11.0. The molecular formula is C18H19N5O2. The van der Waals surface area contributed by atoms with Crippen molar-refractivity contribution in [3.8, 4) is 11.3 Å². The van der Waals surface area contributed by atoms with E-state index in [0.717, 1.165) is 24.1 Å². The highest BCUT2D eigenvalue weighted by Gasteiger charge is 2.28. The predicted octanol–water partition coefficient (Wildman–Crippen LogP) is 2.79. The van der Waals surface area contributed by atoms with Crippen molar-refractivity contribution >= 4 is 5.91 Å². The molecule has 0 aliphatic carbocycles. The third-order valence-electron chi connectivity index (χ3n) is 4.55. The van der Waals surface area contributed by atoms with Crippen molar-refractivity contribution in [3.05, 3.63) is 53.8 Å². The fourth-order valence-corrected chi connectivity index (χ4v) is 3.17. The number of likely N-dealkylation sites (tertiary alicyclic amines) is 1. The van der Waals surface area contributed by atoms with Gasteiger partial charge in [0.15, 0.2) is 5.82 Å². The maximum absolute atomic E-state index is 12.7. The average Bonchev–Trinajstić information content (AvgIpc) is 3.31. The van der Waals surface area contributed by atoms with E-state index in [1.165, 1.54) is 0 Å². The van der Waals surface area contributed by atoms with E-state index in [1.54, 1.807) is 0 Å². The molecule has 2 aromatic heterocycles. The summed E-state index contributed by atoms with van der Waals surface area (Å²) in [6.45, 7) is 3.16. The Kier molecular flexibility index (Phi) is 4.05. The van der Waals surface area contributed by atoms with Gasteiger partial charge in [-0.05, 0) is 25.8 Å². The number of amides is 1. The lowest BCUT2D eigenvalue weighted by molar-refractivity contribution is 0.0698. The summed E-state index contributed by atoms with van der Waals surface area (Å²) in [7, 11) is 0. The Labute approximate surface area is 145 Å². The number of piperidine rings is 1. The fraction of sp³-hybridized carbons (Fsp3) is 0.333. The van der Waals surface area contributed by atoms with Gasteiger partial charge >= 0.3 is 0 Å². The van der Waals surface area contributed by atoms with Crippen LogP contribution in [0.4, 0.5) is 0 Å². The quantitative estimate of drug-likeness (QED) is 0.794. The van der Waals surface area contributed by atoms with Crippen LogP contribution in [0.25, 0.3) is 11.3 Å². The zero-order chi connectivity index (χ0) is 17.2. The van der Waals surface area contributed by atoms with Crippen molar-refractivity contribution < 1.29 is 9.32 Å². The summed E-state index contributed by atoms with van der Waals surface area (Å²) in [6, 6.07) is 11.6. The number of nitrogens with one attached hydrogen (secondary N) is 1. The Bertz CT molecular complexity index is 862. The SMILES string of the molecule is Cc1noc(C2CCN(C(=O)c3cc(-c4ccccc4)n[nH]3)CC2)n1. The van der Waals surface area contributed by atoms with Crippen LogP contribution in [0.5, 0.6) is 0 Å². The molecule has 1 aromatic carbocycles. The van der Waals surface area contributed by atoms with Crippen LogP contribution in [-0.2, 0) is 0 Å². The Morgan fingerprint density at radius 2 is 2.00 bits per heavy atom. The van der Waals surface area contributed by atoms with Crippen LogP contribution in [0.15, 0.2) is 40.9 Å². The Morgan fingerprint density at radius 1 is 1.24 bits per heavy atom. The minimum atomic E-state index is -0.0187. The molecule has 7 nitrogen and oxygen atoms in total. The van der Waals surface area contributed by atoms with Gasteiger partial charge in [-0.3, -0.25) is 9.89 Å². The number of aromatic nitrogens is 4. The second kappa shape index (κ2) is 6.51. The summed E-state index contributed by atoms with van der Waals surface area (Å²) in [5.74, 6) is 1.54. The van der Waals surface area contributed by atoms with Gasteiger partial charge in [-0.1, -0.05) is 35.5 Å². The first-order valence-corrected chi connectivity index (χ1v) is 8.41. The van der Waals surface area contributed by atoms with Crippen molar-refractivity contribution in [2.24, 2.45) is 0 Å². The van der Waals surface area contributed by atoms with Crippen molar-refractivity contribution in [1.29, 1.82) is 0 Å². The van der Waals surface area contributed by atoms with Gasteiger partial charge in [0, 0.05) is 24.6 Å². The van der Waals surface area contributed by atoms with E-state index in [9.17, 15) is 4.79 Å². The fourth-order valence-electron chi connectivity index (χ4n) is 3.17. The molecule has 128 valence electrons. The number of carbonyl (C=O) groups excluding carboxylic acids is 1. The largest absolute Gasteiger partial charge is 0.339 e. The van der Waals surface area contributed by atoms with Crippen LogP contribution in [-0.4, -0.2) is 44.2 Å². The lowest BCUT2D eigenvalue weighted by Gasteiger charge is -2.29. The third-order valence-corrected chi connectivity index (χ3v) is 4.55. The standard InChI is InChI=1S/C18H19N5O2/c1-12-19-17(25-22-12)14-7-9-23(10-8-14)18(24)16-11-15(20-21-16)13-5-3-2-4-6-13/h2-6,11,14H,7-10H2,1H3,(H,20,21). The number of H-pyrrole nitrogens is 1. The summed E-state index contributed by atoms with van der Waals surface area (Å²) < 4.78 is 5.26.